The first-order chi connectivity index (χ1) is 14.5. The lowest BCUT2D eigenvalue weighted by molar-refractivity contribution is -0.118. The van der Waals surface area contributed by atoms with E-state index in [0.717, 1.165) is 16.7 Å². The second-order valence-corrected chi connectivity index (χ2v) is 7.03. The molecule has 0 aliphatic rings. The zero-order chi connectivity index (χ0) is 21.1. The average Bonchev–Trinajstić information content (AvgIpc) is 3.42. The largest absolute Gasteiger partial charge is 0.459 e. The molecule has 30 heavy (non-hydrogen) atoms. The molecule has 2 aromatic heterocycles. The van der Waals surface area contributed by atoms with Gasteiger partial charge in [0.1, 0.15) is 12.4 Å². The van der Waals surface area contributed by atoms with Gasteiger partial charge in [-0.05, 0) is 36.4 Å². The van der Waals surface area contributed by atoms with E-state index >= 15 is 0 Å². The number of aromatic nitrogens is 2. The number of carbonyl (C=O) groups is 2. The zero-order valence-electron chi connectivity index (χ0n) is 16.9. The van der Waals surface area contributed by atoms with Crippen LogP contribution in [0.4, 0.5) is 5.69 Å². The van der Waals surface area contributed by atoms with Gasteiger partial charge in [-0.15, -0.1) is 0 Å². The van der Waals surface area contributed by atoms with Gasteiger partial charge in [0.15, 0.2) is 5.76 Å². The molecule has 4 aromatic rings. The third-order valence-electron chi connectivity index (χ3n) is 5.00. The summed E-state index contributed by atoms with van der Waals surface area (Å²) in [7, 11) is 3.44. The highest BCUT2D eigenvalue weighted by molar-refractivity contribution is 5.94. The van der Waals surface area contributed by atoms with Crippen molar-refractivity contribution in [3.8, 4) is 0 Å². The Kier molecular flexibility index (Phi) is 5.34. The summed E-state index contributed by atoms with van der Waals surface area (Å²) in [6.45, 7) is 0.362. The maximum absolute atomic E-state index is 13.0. The maximum Gasteiger partial charge on any atom is 0.289 e. The van der Waals surface area contributed by atoms with Gasteiger partial charge in [-0.3, -0.25) is 9.59 Å². The fourth-order valence-electron chi connectivity index (χ4n) is 3.33. The van der Waals surface area contributed by atoms with E-state index in [1.54, 1.807) is 31.1 Å². The van der Waals surface area contributed by atoms with Crippen molar-refractivity contribution in [3.05, 3.63) is 84.6 Å². The predicted molar refractivity (Wildman–Crippen MR) is 114 cm³/mol. The summed E-state index contributed by atoms with van der Waals surface area (Å²) in [5.41, 5.74) is 2.45. The molecule has 0 radical (unpaired) electrons. The minimum Gasteiger partial charge on any atom is -0.459 e. The van der Waals surface area contributed by atoms with E-state index < -0.39 is 0 Å². The van der Waals surface area contributed by atoms with Crippen LogP contribution in [0, 0.1) is 0 Å². The molecule has 0 aliphatic carbocycles. The highest BCUT2D eigenvalue weighted by Gasteiger charge is 2.21. The number of amides is 2. The number of hydrogen-bond donors (Lipinski definition) is 0. The second-order valence-electron chi connectivity index (χ2n) is 7.03. The van der Waals surface area contributed by atoms with Crippen LogP contribution in [0.1, 0.15) is 16.4 Å². The first-order valence-corrected chi connectivity index (χ1v) is 9.59. The van der Waals surface area contributed by atoms with Crippen molar-refractivity contribution in [2.45, 2.75) is 13.1 Å². The molecule has 0 bridgehead atoms. The van der Waals surface area contributed by atoms with Crippen LogP contribution < -0.4 is 4.90 Å². The van der Waals surface area contributed by atoms with Crippen molar-refractivity contribution < 1.29 is 14.0 Å². The molecule has 0 N–H and O–H groups in total. The quantitative estimate of drug-likeness (QED) is 0.494. The van der Waals surface area contributed by atoms with Crippen LogP contribution in [0.5, 0.6) is 0 Å². The minimum atomic E-state index is -0.244. The molecule has 4 rings (SSSR count). The van der Waals surface area contributed by atoms with Gasteiger partial charge in [0, 0.05) is 19.8 Å². The number of para-hydroxylation sites is 3. The highest BCUT2D eigenvalue weighted by atomic mass is 16.3. The number of furan rings is 1. The van der Waals surface area contributed by atoms with E-state index in [1.165, 1.54) is 11.2 Å². The van der Waals surface area contributed by atoms with Gasteiger partial charge in [-0.25, -0.2) is 4.98 Å². The van der Waals surface area contributed by atoms with Crippen LogP contribution in [0.3, 0.4) is 0 Å². The summed E-state index contributed by atoms with van der Waals surface area (Å²) in [5, 5.41) is 0. The molecule has 2 aromatic carbocycles. The van der Waals surface area contributed by atoms with Gasteiger partial charge in [0.25, 0.3) is 5.91 Å². The van der Waals surface area contributed by atoms with Gasteiger partial charge in [-0.2, -0.15) is 0 Å². The van der Waals surface area contributed by atoms with Crippen molar-refractivity contribution in [1.82, 2.24) is 14.5 Å². The number of hydrogen-bond acceptors (Lipinski definition) is 4. The Bertz CT molecular complexity index is 1170. The van der Waals surface area contributed by atoms with Crippen molar-refractivity contribution in [2.24, 2.45) is 0 Å². The highest BCUT2D eigenvalue weighted by Crippen LogP contribution is 2.19. The molecule has 0 unspecified atom stereocenters. The number of nitrogens with zero attached hydrogens (tertiary/aromatic N) is 4. The van der Waals surface area contributed by atoms with Crippen LogP contribution in [0.25, 0.3) is 11.0 Å². The smallest absolute Gasteiger partial charge is 0.289 e. The molecular formula is C23H22N4O3. The summed E-state index contributed by atoms with van der Waals surface area (Å²) in [6, 6.07) is 20.4. The van der Waals surface area contributed by atoms with Crippen molar-refractivity contribution in [3.63, 3.8) is 0 Å². The lowest BCUT2D eigenvalue weighted by atomic mass is 10.3. The molecule has 152 valence electrons. The molecule has 0 spiro atoms. The summed E-state index contributed by atoms with van der Waals surface area (Å²) in [5.74, 6) is 0.574. The van der Waals surface area contributed by atoms with Crippen molar-refractivity contribution in [1.29, 1.82) is 0 Å². The third-order valence-corrected chi connectivity index (χ3v) is 5.00. The van der Waals surface area contributed by atoms with E-state index in [9.17, 15) is 9.59 Å². The van der Waals surface area contributed by atoms with Gasteiger partial charge < -0.3 is 18.8 Å². The Morgan fingerprint density at radius 2 is 1.70 bits per heavy atom. The van der Waals surface area contributed by atoms with Crippen LogP contribution in [0.2, 0.25) is 0 Å². The molecular weight excluding hydrogens is 380 g/mol. The number of imidazole rings is 1. The first-order valence-electron chi connectivity index (χ1n) is 9.59. The number of benzene rings is 2. The van der Waals surface area contributed by atoms with Crippen molar-refractivity contribution >= 4 is 28.5 Å². The van der Waals surface area contributed by atoms with E-state index in [2.05, 4.69) is 4.98 Å². The van der Waals surface area contributed by atoms with Gasteiger partial charge in [-0.1, -0.05) is 30.3 Å². The van der Waals surface area contributed by atoms with E-state index in [1.807, 2.05) is 59.2 Å². The Balaban J connectivity index is 1.62. The van der Waals surface area contributed by atoms with Gasteiger partial charge >= 0.3 is 0 Å². The number of carbonyl (C=O) groups excluding carboxylic acids is 2. The fourth-order valence-corrected chi connectivity index (χ4v) is 3.33. The monoisotopic (exact) mass is 402 g/mol. The first kappa shape index (κ1) is 19.4. The molecule has 0 saturated heterocycles. The summed E-state index contributed by atoms with van der Waals surface area (Å²) >= 11 is 0. The molecule has 0 atom stereocenters. The number of anilines is 1. The Morgan fingerprint density at radius 3 is 2.43 bits per heavy atom. The second kappa shape index (κ2) is 8.24. The molecule has 2 heterocycles. The number of fused-ring (bicyclic) bond motifs is 1. The van der Waals surface area contributed by atoms with Crippen LogP contribution in [-0.4, -0.2) is 40.4 Å². The normalized spacial score (nSPS) is 10.9. The maximum atomic E-state index is 13.0. The van der Waals surface area contributed by atoms with E-state index in [0.29, 0.717) is 5.82 Å². The molecule has 0 aliphatic heterocycles. The van der Waals surface area contributed by atoms with E-state index in [-0.39, 0.29) is 30.7 Å². The summed E-state index contributed by atoms with van der Waals surface area (Å²) in [4.78, 5) is 33.4. The molecule has 7 nitrogen and oxygen atoms in total. The van der Waals surface area contributed by atoms with Gasteiger partial charge in [0.05, 0.1) is 23.8 Å². The number of rotatable bonds is 6. The molecule has 7 heteroatoms. The Hall–Kier alpha value is -3.87. The SMILES string of the molecule is CN(Cc1nc2ccccc2n1CC(=O)N(C)c1ccccc1)C(=O)c1ccco1. The standard InChI is InChI=1S/C23H22N4O3/c1-25(23(29)20-13-8-14-30-20)15-21-24-18-11-6-7-12-19(18)27(21)16-22(28)26(2)17-9-4-3-5-10-17/h3-14H,15-16H2,1-2H3. The minimum absolute atomic E-state index is 0.0781. The number of likely N-dealkylation sites (N-methyl/N-ethyl adjacent to an activating group) is 1. The molecule has 2 amide bonds. The lowest BCUT2D eigenvalue weighted by Gasteiger charge is -2.20. The molecule has 0 fully saturated rings. The van der Waals surface area contributed by atoms with Crippen LogP contribution in [-0.2, 0) is 17.9 Å². The predicted octanol–water partition coefficient (Wildman–Crippen LogP) is 3.56. The molecule has 0 saturated carbocycles. The van der Waals surface area contributed by atoms with Crippen molar-refractivity contribution in [2.75, 3.05) is 19.0 Å². The lowest BCUT2D eigenvalue weighted by Crippen LogP contribution is -2.32. The summed E-state index contributed by atoms with van der Waals surface area (Å²) < 4.78 is 7.07. The van der Waals surface area contributed by atoms with E-state index in [4.69, 9.17) is 4.42 Å². The summed E-state index contributed by atoms with van der Waals surface area (Å²) in [6.07, 6.45) is 1.47. The zero-order valence-corrected chi connectivity index (χ0v) is 16.9. The third kappa shape index (κ3) is 3.82. The Morgan fingerprint density at radius 1 is 0.967 bits per heavy atom. The van der Waals surface area contributed by atoms with Crippen LogP contribution in [0.15, 0.2) is 77.4 Å². The topological polar surface area (TPSA) is 71.6 Å². The van der Waals surface area contributed by atoms with Crippen LogP contribution >= 0.6 is 0 Å². The Labute approximate surface area is 174 Å². The van der Waals surface area contributed by atoms with Gasteiger partial charge in [0.2, 0.25) is 5.91 Å². The fraction of sp³-hybridized carbons (Fsp3) is 0.174. The average molecular weight is 402 g/mol.